The number of fused-ring (bicyclic) bond motifs is 18. The number of nitrogens with zero attached hydrogens (tertiary/aromatic N) is 1. The molecule has 2 saturated carbocycles. The Bertz CT molecular complexity index is 3050. The molecular weight excluding hydrogens is 778 g/mol. The topological polar surface area (TPSA) is 3.24 Å². The van der Waals surface area contributed by atoms with Crippen molar-refractivity contribution in [3.63, 3.8) is 0 Å². The van der Waals surface area contributed by atoms with Crippen LogP contribution in [0.5, 0.6) is 0 Å². The van der Waals surface area contributed by atoms with Crippen molar-refractivity contribution in [1.29, 1.82) is 0 Å². The van der Waals surface area contributed by atoms with Gasteiger partial charge >= 0.3 is 0 Å². The van der Waals surface area contributed by atoms with Gasteiger partial charge in [-0.1, -0.05) is 188 Å². The molecule has 312 valence electrons. The van der Waals surface area contributed by atoms with Crippen molar-refractivity contribution in [2.45, 2.75) is 138 Å². The Kier molecular flexibility index (Phi) is 7.13. The molecule has 5 aliphatic carbocycles. The predicted octanol–water partition coefficient (Wildman–Crippen LogP) is 14.0. The van der Waals surface area contributed by atoms with Crippen molar-refractivity contribution in [3.05, 3.63) is 176 Å². The van der Waals surface area contributed by atoms with E-state index in [1.54, 1.807) is 33.2 Å². The second-order valence-corrected chi connectivity index (χ2v) is 24.0. The maximum atomic E-state index is 2.97. The standard InChI is InChI=1S/C60H58BNS/c1-55(2,3)37-27-28-40-46(35-37)56(4)29-14-15-31-58(56,6)50(40)36-33-48-52-49(34-36)63-54-51(61(52)47-26-18-25-45-53(47)62(48)59(7)32-17-16-30-57(45,59)5)41-21-10-13-24-44(41)60(54)42-22-11-8-19-38(42)39-20-9-12-23-43(39)60/h8-13,18-28,33-35,50H,14-17,29-32H2,1-7H3. The average molecular weight is 836 g/mol. The SMILES string of the molecule is CC(C)(C)c1ccc2c(c1)C1(C)CCCCC1(C)C2c1cc2c3c(c1)N1c4c(cccc4C4(C)CCCCC14C)B3C1=C(S2)C2(c3ccccc31)c1ccccc1-c1ccccc12. The first-order valence-electron chi connectivity index (χ1n) is 24.3. The zero-order chi connectivity index (χ0) is 42.6. The van der Waals surface area contributed by atoms with E-state index in [4.69, 9.17) is 0 Å². The van der Waals surface area contributed by atoms with E-state index in [0.717, 1.165) is 0 Å². The van der Waals surface area contributed by atoms with Gasteiger partial charge in [-0.25, -0.2) is 0 Å². The minimum absolute atomic E-state index is 0.00301. The quantitative estimate of drug-likeness (QED) is 0.152. The Hall–Kier alpha value is -4.73. The summed E-state index contributed by atoms with van der Waals surface area (Å²) in [4.78, 5) is 6.00. The van der Waals surface area contributed by atoms with Crippen LogP contribution in [0.2, 0.25) is 0 Å². The van der Waals surface area contributed by atoms with Gasteiger partial charge in [0.25, 0.3) is 0 Å². The van der Waals surface area contributed by atoms with Crippen molar-refractivity contribution >= 4 is 46.2 Å². The molecule has 1 nitrogen and oxygen atoms in total. The number of para-hydroxylation sites is 1. The molecule has 0 N–H and O–H groups in total. The fourth-order valence-electron chi connectivity index (χ4n) is 16.1. The van der Waals surface area contributed by atoms with E-state index in [-0.39, 0.29) is 39.3 Å². The van der Waals surface area contributed by atoms with E-state index in [0.29, 0.717) is 5.92 Å². The number of hydrogen-bond donors (Lipinski definition) is 0. The van der Waals surface area contributed by atoms with Crippen LogP contribution in [0.25, 0.3) is 16.6 Å². The summed E-state index contributed by atoms with van der Waals surface area (Å²) in [6, 6.07) is 49.2. The molecule has 3 aliphatic heterocycles. The van der Waals surface area contributed by atoms with Crippen LogP contribution >= 0.6 is 11.8 Å². The molecule has 6 aromatic carbocycles. The molecule has 3 heteroatoms. The third-order valence-corrected chi connectivity index (χ3v) is 20.8. The molecule has 0 bridgehead atoms. The lowest BCUT2D eigenvalue weighted by molar-refractivity contribution is 0.0922. The van der Waals surface area contributed by atoms with Crippen LogP contribution in [0.3, 0.4) is 0 Å². The number of rotatable bonds is 1. The summed E-state index contributed by atoms with van der Waals surface area (Å²) in [5, 5.41) is 0. The minimum Gasteiger partial charge on any atom is -0.335 e. The fraction of sp³-hybridized carbons (Fsp3) is 0.367. The number of benzene rings is 6. The van der Waals surface area contributed by atoms with Gasteiger partial charge in [0.05, 0.1) is 11.0 Å². The van der Waals surface area contributed by atoms with Gasteiger partial charge in [-0.15, -0.1) is 0 Å². The lowest BCUT2D eigenvalue weighted by atomic mass is 9.33. The van der Waals surface area contributed by atoms with Crippen LogP contribution in [0.15, 0.2) is 131 Å². The Balaban J connectivity index is 1.10. The molecule has 0 aromatic heterocycles. The van der Waals surface area contributed by atoms with E-state index < -0.39 is 0 Å². The third kappa shape index (κ3) is 4.15. The fourth-order valence-corrected chi connectivity index (χ4v) is 17.7. The summed E-state index contributed by atoms with van der Waals surface area (Å²) >= 11 is 2.15. The number of thioether (sulfide) groups is 1. The Morgan fingerprint density at radius 3 is 1.94 bits per heavy atom. The zero-order valence-corrected chi connectivity index (χ0v) is 39.0. The van der Waals surface area contributed by atoms with Crippen LogP contribution < -0.4 is 15.8 Å². The minimum atomic E-state index is -0.365. The highest BCUT2D eigenvalue weighted by Gasteiger charge is 2.64. The van der Waals surface area contributed by atoms with Gasteiger partial charge in [0.15, 0.2) is 0 Å². The van der Waals surface area contributed by atoms with Crippen molar-refractivity contribution in [1.82, 2.24) is 0 Å². The van der Waals surface area contributed by atoms with E-state index in [2.05, 4.69) is 186 Å². The molecule has 5 atom stereocenters. The lowest BCUT2D eigenvalue weighted by Crippen LogP contribution is -2.60. The Labute approximate surface area is 379 Å². The van der Waals surface area contributed by atoms with Gasteiger partial charge in [0, 0.05) is 32.5 Å². The van der Waals surface area contributed by atoms with E-state index in [9.17, 15) is 0 Å². The largest absolute Gasteiger partial charge is 0.335 e. The van der Waals surface area contributed by atoms with Crippen LogP contribution in [0, 0.1) is 5.41 Å². The lowest BCUT2D eigenvalue weighted by Gasteiger charge is -2.53. The second kappa shape index (κ2) is 11.9. The first-order chi connectivity index (χ1) is 30.4. The van der Waals surface area contributed by atoms with Crippen molar-refractivity contribution in [2.75, 3.05) is 4.90 Å². The van der Waals surface area contributed by atoms with E-state index >= 15 is 0 Å². The van der Waals surface area contributed by atoms with Crippen LogP contribution in [-0.4, -0.2) is 12.3 Å². The maximum absolute atomic E-state index is 2.97. The van der Waals surface area contributed by atoms with Gasteiger partial charge in [-0.3, -0.25) is 0 Å². The Morgan fingerprint density at radius 1 is 0.603 bits per heavy atom. The van der Waals surface area contributed by atoms with Gasteiger partial charge < -0.3 is 4.90 Å². The first-order valence-corrected chi connectivity index (χ1v) is 25.2. The molecule has 8 aliphatic rings. The van der Waals surface area contributed by atoms with Gasteiger partial charge in [0.1, 0.15) is 0 Å². The molecule has 2 fully saturated rings. The highest BCUT2D eigenvalue weighted by Crippen LogP contribution is 2.71. The van der Waals surface area contributed by atoms with Crippen molar-refractivity contribution in [3.8, 4) is 11.1 Å². The van der Waals surface area contributed by atoms with Crippen molar-refractivity contribution in [2.24, 2.45) is 5.41 Å². The molecule has 5 unspecified atom stereocenters. The van der Waals surface area contributed by atoms with Crippen LogP contribution in [0.1, 0.15) is 156 Å². The molecule has 0 saturated heterocycles. The third-order valence-electron chi connectivity index (χ3n) is 19.5. The Morgan fingerprint density at radius 2 is 1.22 bits per heavy atom. The molecule has 1 spiro atoms. The summed E-state index contributed by atoms with van der Waals surface area (Å²) < 4.78 is 0. The molecule has 0 radical (unpaired) electrons. The monoisotopic (exact) mass is 835 g/mol. The highest BCUT2D eigenvalue weighted by atomic mass is 32.2. The highest BCUT2D eigenvalue weighted by molar-refractivity contribution is 8.04. The zero-order valence-electron chi connectivity index (χ0n) is 38.2. The first kappa shape index (κ1) is 37.6. The molecule has 3 heterocycles. The summed E-state index contributed by atoms with van der Waals surface area (Å²) in [5.74, 6) is 0.329. The maximum Gasteiger partial charge on any atom is 0.250 e. The van der Waals surface area contributed by atoms with E-state index in [1.807, 2.05) is 0 Å². The molecular formula is C60H58BNS. The molecule has 14 rings (SSSR count). The van der Waals surface area contributed by atoms with Crippen LogP contribution in [0.4, 0.5) is 11.4 Å². The molecule has 6 aromatic rings. The van der Waals surface area contributed by atoms with Crippen LogP contribution in [-0.2, 0) is 21.7 Å². The van der Waals surface area contributed by atoms with Gasteiger partial charge in [0.2, 0.25) is 6.71 Å². The predicted molar refractivity (Wildman–Crippen MR) is 266 cm³/mol. The number of anilines is 2. The molecule has 0 amide bonds. The molecule has 63 heavy (non-hydrogen) atoms. The normalized spacial score (nSPS) is 29.3. The van der Waals surface area contributed by atoms with Gasteiger partial charge in [-0.05, 0) is 139 Å². The summed E-state index contributed by atoms with van der Waals surface area (Å²) in [7, 11) is 0. The second-order valence-electron chi connectivity index (χ2n) is 23.0. The summed E-state index contributed by atoms with van der Waals surface area (Å²) in [6.07, 6.45) is 10.2. The van der Waals surface area contributed by atoms with Crippen molar-refractivity contribution < 1.29 is 0 Å². The summed E-state index contributed by atoms with van der Waals surface area (Å²) in [6.45, 7) is 18.0. The number of allylic oxidation sites excluding steroid dienone is 1. The average Bonchev–Trinajstić information content (AvgIpc) is 3.90. The van der Waals surface area contributed by atoms with E-state index in [1.165, 1.54) is 117 Å². The van der Waals surface area contributed by atoms with Gasteiger partial charge in [-0.2, -0.15) is 0 Å². The summed E-state index contributed by atoms with van der Waals surface area (Å²) in [5.41, 5.74) is 24.1. The number of hydrogen-bond acceptors (Lipinski definition) is 2. The smallest absolute Gasteiger partial charge is 0.250 e.